The van der Waals surface area contributed by atoms with Crippen molar-refractivity contribution in [3.8, 4) is 0 Å². The second kappa shape index (κ2) is 5.97. The van der Waals surface area contributed by atoms with Crippen molar-refractivity contribution in [3.05, 3.63) is 35.9 Å². The van der Waals surface area contributed by atoms with Gasteiger partial charge in [-0.25, -0.2) is 4.79 Å². The number of benzene rings is 1. The van der Waals surface area contributed by atoms with Gasteiger partial charge in [0, 0.05) is 26.2 Å². The van der Waals surface area contributed by atoms with Crippen molar-refractivity contribution in [1.29, 1.82) is 0 Å². The summed E-state index contributed by atoms with van der Waals surface area (Å²) in [6.45, 7) is 2.42. The molecule has 1 N–H and O–H groups in total. The Morgan fingerprint density at radius 1 is 1.33 bits per heavy atom. The molecule has 2 unspecified atom stereocenters. The van der Waals surface area contributed by atoms with Gasteiger partial charge in [-0.2, -0.15) is 12.6 Å². The Hall–Kier alpha value is -1.69. The number of nitrogens with one attached hydrogen (secondary N) is 1. The van der Waals surface area contributed by atoms with E-state index in [1.54, 1.807) is 0 Å². The quantitative estimate of drug-likeness (QED) is 0.810. The summed E-state index contributed by atoms with van der Waals surface area (Å²) in [6, 6.07) is 10.00. The minimum atomic E-state index is -0.330. The lowest BCUT2D eigenvalue weighted by atomic mass is 10.1. The molecule has 0 saturated carbocycles. The van der Waals surface area contributed by atoms with Gasteiger partial charge in [0.15, 0.2) is 0 Å². The van der Waals surface area contributed by atoms with Crippen LogP contribution in [0.15, 0.2) is 30.3 Å². The summed E-state index contributed by atoms with van der Waals surface area (Å²) in [6.07, 6.45) is 0.630. The molecule has 5 nitrogen and oxygen atoms in total. The molecule has 2 aliphatic heterocycles. The Kier molecular flexibility index (Phi) is 4.05. The van der Waals surface area contributed by atoms with Crippen LogP contribution in [-0.2, 0) is 11.2 Å². The smallest absolute Gasteiger partial charge is 0.317 e. The Balaban J connectivity index is 1.59. The summed E-state index contributed by atoms with van der Waals surface area (Å²) >= 11 is 4.47. The Bertz CT molecular complexity index is 537. The molecule has 0 radical (unpaired) electrons. The van der Waals surface area contributed by atoms with Gasteiger partial charge in [-0.1, -0.05) is 30.3 Å². The van der Waals surface area contributed by atoms with E-state index in [1.165, 1.54) is 0 Å². The van der Waals surface area contributed by atoms with Crippen molar-refractivity contribution in [2.45, 2.75) is 17.7 Å². The molecule has 2 saturated heterocycles. The van der Waals surface area contributed by atoms with Crippen LogP contribution in [0.5, 0.6) is 0 Å². The second-order valence-corrected chi connectivity index (χ2v) is 6.15. The van der Waals surface area contributed by atoms with E-state index in [4.69, 9.17) is 0 Å². The van der Waals surface area contributed by atoms with Gasteiger partial charge in [0.05, 0.1) is 11.3 Å². The molecule has 2 aliphatic rings. The number of carbonyl (C=O) groups is 2. The average Bonchev–Trinajstić information content (AvgIpc) is 2.88. The third-order valence-electron chi connectivity index (χ3n) is 4.10. The number of hydrogen-bond donors (Lipinski definition) is 2. The standard InChI is InChI=1S/C15H19N3O2S/c19-14(13(21)8-11-4-2-1-3-5-11)17-6-7-18-12(10-17)9-16-15(18)20/h1-5,12-13,21H,6-10H2,(H,16,20). The van der Waals surface area contributed by atoms with E-state index in [-0.39, 0.29) is 23.2 Å². The predicted octanol–water partition coefficient (Wildman–Crippen LogP) is 0.763. The fraction of sp³-hybridized carbons (Fsp3) is 0.467. The highest BCUT2D eigenvalue weighted by Crippen LogP contribution is 2.17. The van der Waals surface area contributed by atoms with Crippen LogP contribution in [0.2, 0.25) is 0 Å². The normalized spacial score (nSPS) is 22.7. The summed E-state index contributed by atoms with van der Waals surface area (Å²) in [5.41, 5.74) is 1.11. The van der Waals surface area contributed by atoms with E-state index in [2.05, 4.69) is 17.9 Å². The number of urea groups is 1. The van der Waals surface area contributed by atoms with Crippen LogP contribution in [0.1, 0.15) is 5.56 Å². The van der Waals surface area contributed by atoms with E-state index in [9.17, 15) is 9.59 Å². The first-order valence-electron chi connectivity index (χ1n) is 7.20. The molecular formula is C15H19N3O2S. The van der Waals surface area contributed by atoms with E-state index in [0.717, 1.165) is 5.56 Å². The van der Waals surface area contributed by atoms with Crippen molar-refractivity contribution in [2.24, 2.45) is 0 Å². The Morgan fingerprint density at radius 3 is 2.86 bits per heavy atom. The number of fused-ring (bicyclic) bond motifs is 1. The summed E-state index contributed by atoms with van der Waals surface area (Å²) < 4.78 is 0. The Labute approximate surface area is 129 Å². The first-order chi connectivity index (χ1) is 10.1. The first-order valence-corrected chi connectivity index (χ1v) is 7.72. The highest BCUT2D eigenvalue weighted by atomic mass is 32.1. The lowest BCUT2D eigenvalue weighted by Gasteiger charge is -2.37. The molecule has 1 aromatic carbocycles. The van der Waals surface area contributed by atoms with Crippen LogP contribution >= 0.6 is 12.6 Å². The highest BCUT2D eigenvalue weighted by molar-refractivity contribution is 7.81. The van der Waals surface area contributed by atoms with Crippen LogP contribution < -0.4 is 5.32 Å². The zero-order chi connectivity index (χ0) is 14.8. The van der Waals surface area contributed by atoms with Gasteiger partial charge in [-0.05, 0) is 12.0 Å². The number of piperazine rings is 1. The van der Waals surface area contributed by atoms with Crippen molar-refractivity contribution >= 4 is 24.6 Å². The Morgan fingerprint density at radius 2 is 2.10 bits per heavy atom. The van der Waals surface area contributed by atoms with Crippen molar-refractivity contribution in [2.75, 3.05) is 26.2 Å². The molecule has 2 fully saturated rings. The fourth-order valence-electron chi connectivity index (χ4n) is 2.94. The lowest BCUT2D eigenvalue weighted by molar-refractivity contribution is -0.132. The van der Waals surface area contributed by atoms with Gasteiger partial charge >= 0.3 is 6.03 Å². The maximum Gasteiger partial charge on any atom is 0.317 e. The lowest BCUT2D eigenvalue weighted by Crippen LogP contribution is -2.55. The third kappa shape index (κ3) is 3.00. The van der Waals surface area contributed by atoms with E-state index in [1.807, 2.05) is 40.1 Å². The highest BCUT2D eigenvalue weighted by Gasteiger charge is 2.37. The van der Waals surface area contributed by atoms with Crippen LogP contribution in [0.25, 0.3) is 0 Å². The third-order valence-corrected chi connectivity index (χ3v) is 4.50. The largest absolute Gasteiger partial charge is 0.338 e. The fourth-order valence-corrected chi connectivity index (χ4v) is 3.31. The van der Waals surface area contributed by atoms with Crippen LogP contribution in [-0.4, -0.2) is 59.2 Å². The van der Waals surface area contributed by atoms with Gasteiger partial charge in [0.1, 0.15) is 0 Å². The molecule has 0 bridgehead atoms. The maximum absolute atomic E-state index is 12.5. The molecule has 3 rings (SSSR count). The van der Waals surface area contributed by atoms with E-state index in [0.29, 0.717) is 32.6 Å². The van der Waals surface area contributed by atoms with Gasteiger partial charge in [0.2, 0.25) is 5.91 Å². The van der Waals surface area contributed by atoms with Gasteiger partial charge in [-0.3, -0.25) is 4.79 Å². The van der Waals surface area contributed by atoms with Crippen molar-refractivity contribution < 1.29 is 9.59 Å². The zero-order valence-corrected chi connectivity index (χ0v) is 12.6. The topological polar surface area (TPSA) is 52.7 Å². The van der Waals surface area contributed by atoms with Gasteiger partial charge < -0.3 is 15.1 Å². The monoisotopic (exact) mass is 305 g/mol. The summed E-state index contributed by atoms with van der Waals surface area (Å²) in [5.74, 6) is 0.0567. The van der Waals surface area contributed by atoms with Gasteiger partial charge in [0.25, 0.3) is 0 Å². The zero-order valence-electron chi connectivity index (χ0n) is 11.7. The summed E-state index contributed by atoms with van der Waals surface area (Å²) in [4.78, 5) is 27.7. The maximum atomic E-state index is 12.5. The van der Waals surface area contributed by atoms with Crippen LogP contribution in [0.3, 0.4) is 0 Å². The minimum Gasteiger partial charge on any atom is -0.338 e. The molecule has 0 spiro atoms. The van der Waals surface area contributed by atoms with Crippen LogP contribution in [0.4, 0.5) is 4.79 Å². The molecule has 2 heterocycles. The molecule has 6 heteroatoms. The molecule has 112 valence electrons. The average molecular weight is 305 g/mol. The minimum absolute atomic E-state index is 0.0150. The van der Waals surface area contributed by atoms with Gasteiger partial charge in [-0.15, -0.1) is 0 Å². The predicted molar refractivity (Wildman–Crippen MR) is 83.4 cm³/mol. The molecule has 2 atom stereocenters. The molecule has 1 aromatic rings. The van der Waals surface area contributed by atoms with Crippen molar-refractivity contribution in [3.63, 3.8) is 0 Å². The molecule has 3 amide bonds. The van der Waals surface area contributed by atoms with E-state index < -0.39 is 0 Å². The summed E-state index contributed by atoms with van der Waals surface area (Å²) in [5, 5.41) is 2.49. The number of thiol groups is 1. The summed E-state index contributed by atoms with van der Waals surface area (Å²) in [7, 11) is 0. The van der Waals surface area contributed by atoms with E-state index >= 15 is 0 Å². The van der Waals surface area contributed by atoms with Crippen molar-refractivity contribution in [1.82, 2.24) is 15.1 Å². The molecule has 21 heavy (non-hydrogen) atoms. The molecule has 0 aromatic heterocycles. The SMILES string of the molecule is O=C(C(S)Cc1ccccc1)N1CCN2C(=O)NCC2C1. The number of hydrogen-bond acceptors (Lipinski definition) is 3. The number of rotatable bonds is 3. The number of amides is 3. The second-order valence-electron chi connectivity index (χ2n) is 5.52. The molecule has 0 aliphatic carbocycles. The first kappa shape index (κ1) is 14.3. The number of carbonyl (C=O) groups excluding carboxylic acids is 2. The molecular weight excluding hydrogens is 286 g/mol. The number of nitrogens with zero attached hydrogens (tertiary/aromatic N) is 2. The van der Waals surface area contributed by atoms with Crippen LogP contribution in [0, 0.1) is 0 Å².